The highest BCUT2D eigenvalue weighted by Crippen LogP contribution is 1.92. The van der Waals surface area contributed by atoms with E-state index in [0.29, 0.717) is 5.82 Å². The second-order valence-electron chi connectivity index (χ2n) is 5.76. The number of aryl methyl sites for hydroxylation is 6. The van der Waals surface area contributed by atoms with E-state index in [0.717, 1.165) is 12.2 Å². The molecule has 0 bridgehead atoms. The summed E-state index contributed by atoms with van der Waals surface area (Å²) in [5.41, 5.74) is 2.30. The molecule has 9 nitrogen and oxygen atoms in total. The molecule has 0 amide bonds. The van der Waals surface area contributed by atoms with E-state index in [-0.39, 0.29) is 0 Å². The van der Waals surface area contributed by atoms with Gasteiger partial charge in [0.15, 0.2) is 5.82 Å². The number of rotatable bonds is 1. The van der Waals surface area contributed by atoms with Crippen molar-refractivity contribution in [3.8, 4) is 0 Å². The first-order valence-corrected chi connectivity index (χ1v) is 8.49. The lowest BCUT2D eigenvalue weighted by molar-refractivity contribution is 0.412. The molecule has 4 aromatic rings. The van der Waals surface area contributed by atoms with Crippen molar-refractivity contribution in [2.75, 3.05) is 0 Å². The number of hydrogen-bond donors (Lipinski definition) is 0. The smallest absolute Gasteiger partial charge is 0.213 e. The molecule has 0 aliphatic rings. The van der Waals surface area contributed by atoms with E-state index in [2.05, 4.69) is 36.7 Å². The minimum Gasteiger partial charge on any atom is -0.343 e. The molecular weight excluding hydrogens is 344 g/mol. The van der Waals surface area contributed by atoms with Crippen LogP contribution in [0.3, 0.4) is 0 Å². The normalized spacial score (nSPS) is 9.26. The zero-order chi connectivity index (χ0) is 20.1. The van der Waals surface area contributed by atoms with Gasteiger partial charge in [0.1, 0.15) is 0 Å². The van der Waals surface area contributed by atoms with Crippen LogP contribution in [-0.2, 0) is 20.6 Å². The zero-order valence-corrected chi connectivity index (χ0v) is 16.8. The van der Waals surface area contributed by atoms with Gasteiger partial charge >= 0.3 is 0 Å². The molecule has 0 saturated carbocycles. The van der Waals surface area contributed by atoms with Gasteiger partial charge in [0.05, 0.1) is 24.5 Å². The highest BCUT2D eigenvalue weighted by molar-refractivity contribution is 4.98. The maximum Gasteiger partial charge on any atom is 0.213 e. The summed E-state index contributed by atoms with van der Waals surface area (Å²) in [4.78, 5) is 11.4. The molecule has 0 aliphatic heterocycles. The van der Waals surface area contributed by atoms with Gasteiger partial charge in [-0.2, -0.15) is 10.1 Å². The lowest BCUT2D eigenvalue weighted by atomic mass is 10.4. The summed E-state index contributed by atoms with van der Waals surface area (Å²) in [5, 5.41) is 7.48. The quantitative estimate of drug-likeness (QED) is 0.510. The summed E-state index contributed by atoms with van der Waals surface area (Å²) in [6.45, 7) is 8.82. The van der Waals surface area contributed by atoms with Crippen LogP contribution in [0.5, 0.6) is 0 Å². The van der Waals surface area contributed by atoms with E-state index in [4.69, 9.17) is 0 Å². The van der Waals surface area contributed by atoms with Crippen LogP contribution in [0.2, 0.25) is 0 Å². The van der Waals surface area contributed by atoms with Crippen LogP contribution < -0.4 is 0 Å². The molecule has 0 radical (unpaired) electrons. The van der Waals surface area contributed by atoms with E-state index >= 15 is 0 Å². The van der Waals surface area contributed by atoms with E-state index in [1.807, 2.05) is 66.5 Å². The summed E-state index contributed by atoms with van der Waals surface area (Å²) in [7, 11) is 3.90. The van der Waals surface area contributed by atoms with Crippen LogP contribution in [0.1, 0.15) is 24.0 Å². The summed E-state index contributed by atoms with van der Waals surface area (Å²) < 4.78 is 10.1. The topological polar surface area (TPSA) is 92.4 Å². The second-order valence-corrected chi connectivity index (χ2v) is 5.76. The fraction of sp³-hybridized carbons (Fsp3) is 0.389. The van der Waals surface area contributed by atoms with Crippen molar-refractivity contribution < 1.29 is 4.52 Å². The summed E-state index contributed by atoms with van der Waals surface area (Å²) in [6.07, 6.45) is 14.3. The van der Waals surface area contributed by atoms with E-state index in [1.54, 1.807) is 25.8 Å². The Balaban J connectivity index is 0.000000181. The van der Waals surface area contributed by atoms with Gasteiger partial charge in [-0.15, -0.1) is 0 Å². The van der Waals surface area contributed by atoms with E-state index in [1.165, 1.54) is 12.0 Å². The van der Waals surface area contributed by atoms with E-state index in [9.17, 15) is 0 Å². The molecule has 0 aromatic carbocycles. The SMILES string of the molecule is CCn1cc(C)cn1.Cc1cn(C)cn1.Cc1ncon1.Cn1ccnc1. The molecular formula is C18H28N8O. The molecule has 0 aliphatic carbocycles. The first-order chi connectivity index (χ1) is 12.9. The molecule has 0 unspecified atom stereocenters. The van der Waals surface area contributed by atoms with Gasteiger partial charge in [-0.1, -0.05) is 5.16 Å². The molecule has 146 valence electrons. The van der Waals surface area contributed by atoms with Crippen LogP contribution in [-0.4, -0.2) is 39.0 Å². The van der Waals surface area contributed by atoms with Crippen molar-refractivity contribution in [3.63, 3.8) is 0 Å². The van der Waals surface area contributed by atoms with Crippen LogP contribution >= 0.6 is 0 Å². The summed E-state index contributed by atoms with van der Waals surface area (Å²) in [5.74, 6) is 0.676. The third kappa shape index (κ3) is 10.4. The molecule has 0 spiro atoms. The Bertz CT molecular complexity index is 782. The standard InChI is InChI=1S/C6H10N2.C5H8N2.C4H6N2.C3H4N2O/c1-3-8-5-6(2)4-7-8;1-5-3-7(2)4-6-5;1-6-3-2-5-4-6;1-3-4-2-6-5-3/h4-5H,3H2,1-2H3;3-4H,1-2H3;2-4H,1H3;2H,1H3. The second kappa shape index (κ2) is 12.2. The van der Waals surface area contributed by atoms with Crippen LogP contribution in [0.15, 0.2) is 54.6 Å². The van der Waals surface area contributed by atoms with Crippen LogP contribution in [0.25, 0.3) is 0 Å². The Hall–Kier alpha value is -3.23. The van der Waals surface area contributed by atoms with Gasteiger partial charge in [-0.3, -0.25) is 4.68 Å². The first-order valence-electron chi connectivity index (χ1n) is 8.49. The molecule has 4 aromatic heterocycles. The van der Waals surface area contributed by atoms with Crippen molar-refractivity contribution in [1.29, 1.82) is 0 Å². The number of nitrogens with zero attached hydrogens (tertiary/aromatic N) is 8. The van der Waals surface area contributed by atoms with Crippen molar-refractivity contribution in [2.45, 2.75) is 34.2 Å². The minimum atomic E-state index is 0.676. The Kier molecular flexibility index (Phi) is 9.84. The molecule has 9 heteroatoms. The van der Waals surface area contributed by atoms with Crippen molar-refractivity contribution in [3.05, 3.63) is 67.1 Å². The molecule has 0 atom stereocenters. The zero-order valence-electron chi connectivity index (χ0n) is 16.8. The van der Waals surface area contributed by atoms with E-state index < -0.39 is 0 Å². The largest absolute Gasteiger partial charge is 0.343 e. The van der Waals surface area contributed by atoms with Crippen molar-refractivity contribution in [2.24, 2.45) is 14.1 Å². The summed E-state index contributed by atoms with van der Waals surface area (Å²) in [6, 6.07) is 0. The third-order valence-corrected chi connectivity index (χ3v) is 3.03. The highest BCUT2D eigenvalue weighted by Gasteiger charge is 1.86. The maximum absolute atomic E-state index is 4.35. The number of imidazole rings is 2. The van der Waals surface area contributed by atoms with Crippen molar-refractivity contribution >= 4 is 0 Å². The highest BCUT2D eigenvalue weighted by atomic mass is 16.5. The predicted octanol–water partition coefficient (Wildman–Crippen LogP) is 2.74. The molecule has 0 N–H and O–H groups in total. The fourth-order valence-corrected chi connectivity index (χ4v) is 1.73. The monoisotopic (exact) mass is 372 g/mol. The first kappa shape index (κ1) is 21.8. The lowest BCUT2D eigenvalue weighted by Gasteiger charge is -1.88. The van der Waals surface area contributed by atoms with Crippen molar-refractivity contribution in [1.82, 2.24) is 39.0 Å². The molecule has 0 fully saturated rings. The Labute approximate surface area is 159 Å². The van der Waals surface area contributed by atoms with Gasteiger partial charge in [0, 0.05) is 45.4 Å². The Morgan fingerprint density at radius 3 is 1.96 bits per heavy atom. The molecule has 27 heavy (non-hydrogen) atoms. The Morgan fingerprint density at radius 1 is 1.00 bits per heavy atom. The maximum atomic E-state index is 4.35. The number of hydrogen-bond acceptors (Lipinski definition) is 6. The average Bonchev–Trinajstić information content (AvgIpc) is 3.42. The van der Waals surface area contributed by atoms with Gasteiger partial charge in [0.25, 0.3) is 0 Å². The lowest BCUT2D eigenvalue weighted by Crippen LogP contribution is -1.91. The number of aromatic nitrogens is 8. The van der Waals surface area contributed by atoms with Gasteiger partial charge in [-0.25, -0.2) is 9.97 Å². The van der Waals surface area contributed by atoms with Crippen LogP contribution in [0.4, 0.5) is 0 Å². The predicted molar refractivity (Wildman–Crippen MR) is 103 cm³/mol. The van der Waals surface area contributed by atoms with Gasteiger partial charge < -0.3 is 13.7 Å². The van der Waals surface area contributed by atoms with Crippen LogP contribution in [0, 0.1) is 20.8 Å². The third-order valence-electron chi connectivity index (χ3n) is 3.03. The summed E-state index contributed by atoms with van der Waals surface area (Å²) >= 11 is 0. The fourth-order valence-electron chi connectivity index (χ4n) is 1.73. The Morgan fingerprint density at radius 2 is 1.78 bits per heavy atom. The molecule has 4 rings (SSSR count). The average molecular weight is 372 g/mol. The molecule has 0 saturated heterocycles. The molecule has 4 heterocycles. The van der Waals surface area contributed by atoms with Gasteiger partial charge in [0.2, 0.25) is 6.39 Å². The van der Waals surface area contributed by atoms with Gasteiger partial charge in [-0.05, 0) is 33.3 Å². The minimum absolute atomic E-state index is 0.676.